The zero-order valence-electron chi connectivity index (χ0n) is 10.5. The Morgan fingerprint density at radius 3 is 2.89 bits per heavy atom. The lowest BCUT2D eigenvalue weighted by Crippen LogP contribution is -2.25. The second-order valence-electron chi connectivity index (χ2n) is 4.05. The van der Waals surface area contributed by atoms with Crippen molar-refractivity contribution in [3.63, 3.8) is 0 Å². The molecule has 0 spiro atoms. The lowest BCUT2D eigenvalue weighted by Gasteiger charge is -2.16. The Hall–Kier alpha value is -2.64. The molecule has 0 aliphatic carbocycles. The lowest BCUT2D eigenvalue weighted by molar-refractivity contribution is -0.135. The first-order valence-corrected chi connectivity index (χ1v) is 5.52. The number of carbonyl (C=O) groups excluding carboxylic acids is 1. The molecule has 2 aromatic rings. The van der Waals surface area contributed by atoms with Crippen LogP contribution >= 0.6 is 0 Å². The van der Waals surface area contributed by atoms with Gasteiger partial charge < -0.3 is 10.0 Å². The second kappa shape index (κ2) is 4.92. The number of anilines is 2. The fourth-order valence-corrected chi connectivity index (χ4v) is 1.61. The third kappa shape index (κ3) is 2.97. The molecular weight excluding hydrogens is 250 g/mol. The number of hydrogen-bond acceptors (Lipinski definition) is 5. The molecule has 2 heterocycles. The molecule has 0 radical (unpaired) electrons. The number of carboxylic acids is 1. The third-order valence-corrected chi connectivity index (χ3v) is 2.42. The van der Waals surface area contributed by atoms with Crippen LogP contribution in [-0.2, 0) is 9.59 Å². The van der Waals surface area contributed by atoms with Crippen LogP contribution in [0.15, 0.2) is 18.3 Å². The van der Waals surface area contributed by atoms with Crippen LogP contribution in [0.25, 0.3) is 5.65 Å². The lowest BCUT2D eigenvalue weighted by atomic mass is 10.3. The summed E-state index contributed by atoms with van der Waals surface area (Å²) >= 11 is 0. The highest BCUT2D eigenvalue weighted by Crippen LogP contribution is 2.15. The molecule has 0 atom stereocenters. The van der Waals surface area contributed by atoms with Gasteiger partial charge in [-0.1, -0.05) is 0 Å². The maximum absolute atomic E-state index is 10.9. The van der Waals surface area contributed by atoms with E-state index in [9.17, 15) is 9.59 Å². The standard InChI is InChI=1S/C11H13N5O3/c1-7(17)12-11-13-9-5-8(3-4-16(9)14-11)15(2)6-10(18)19/h3-5H,6H2,1-2H3,(H,18,19)(H,12,14,17). The highest BCUT2D eigenvalue weighted by molar-refractivity contribution is 5.86. The Kier molecular flexibility index (Phi) is 3.32. The first-order chi connectivity index (χ1) is 8.95. The van der Waals surface area contributed by atoms with Gasteiger partial charge in [-0.15, -0.1) is 5.10 Å². The van der Waals surface area contributed by atoms with Gasteiger partial charge >= 0.3 is 5.97 Å². The van der Waals surface area contributed by atoms with Crippen molar-refractivity contribution in [1.29, 1.82) is 0 Å². The number of nitrogens with one attached hydrogen (secondary N) is 1. The molecule has 0 bridgehead atoms. The summed E-state index contributed by atoms with van der Waals surface area (Å²) in [5, 5.41) is 15.3. The fraction of sp³-hybridized carbons (Fsp3) is 0.273. The van der Waals surface area contributed by atoms with Crippen molar-refractivity contribution < 1.29 is 14.7 Å². The molecule has 8 heteroatoms. The summed E-state index contributed by atoms with van der Waals surface area (Å²) in [6, 6.07) is 3.42. The summed E-state index contributed by atoms with van der Waals surface area (Å²) in [7, 11) is 1.67. The van der Waals surface area contributed by atoms with Crippen molar-refractivity contribution in [3.05, 3.63) is 18.3 Å². The molecule has 0 aromatic carbocycles. The summed E-state index contributed by atoms with van der Waals surface area (Å²) in [5.41, 5.74) is 1.23. The van der Waals surface area contributed by atoms with Gasteiger partial charge in [-0.25, -0.2) is 4.52 Å². The van der Waals surface area contributed by atoms with Crippen LogP contribution in [0, 0.1) is 0 Å². The van der Waals surface area contributed by atoms with E-state index >= 15 is 0 Å². The SMILES string of the molecule is CC(=O)Nc1nc2cc(N(C)CC(=O)O)ccn2n1. The molecule has 0 saturated heterocycles. The van der Waals surface area contributed by atoms with Crippen molar-refractivity contribution in [2.75, 3.05) is 23.8 Å². The number of aliphatic carboxylic acids is 1. The molecule has 0 fully saturated rings. The van der Waals surface area contributed by atoms with Crippen molar-refractivity contribution in [2.45, 2.75) is 6.92 Å². The first-order valence-electron chi connectivity index (χ1n) is 5.52. The third-order valence-electron chi connectivity index (χ3n) is 2.42. The van der Waals surface area contributed by atoms with E-state index in [1.165, 1.54) is 11.4 Å². The first kappa shape index (κ1) is 12.8. The van der Waals surface area contributed by atoms with Crippen molar-refractivity contribution in [1.82, 2.24) is 14.6 Å². The van der Waals surface area contributed by atoms with Gasteiger partial charge in [0.05, 0.1) is 0 Å². The molecule has 0 unspecified atom stereocenters. The maximum Gasteiger partial charge on any atom is 0.323 e. The van der Waals surface area contributed by atoms with Gasteiger partial charge in [0.2, 0.25) is 11.9 Å². The number of amides is 1. The minimum atomic E-state index is -0.914. The number of hydrogen-bond donors (Lipinski definition) is 2. The normalized spacial score (nSPS) is 10.4. The molecule has 19 heavy (non-hydrogen) atoms. The molecule has 0 aliphatic rings. The van der Waals surface area contributed by atoms with Gasteiger partial charge in [-0.3, -0.25) is 14.9 Å². The molecule has 0 saturated carbocycles. The highest BCUT2D eigenvalue weighted by Gasteiger charge is 2.09. The zero-order valence-corrected chi connectivity index (χ0v) is 10.5. The van der Waals surface area contributed by atoms with Crippen LogP contribution in [0.4, 0.5) is 11.6 Å². The van der Waals surface area contributed by atoms with Gasteiger partial charge in [0.15, 0.2) is 5.65 Å². The Bertz CT molecular complexity index is 636. The van der Waals surface area contributed by atoms with Crippen molar-refractivity contribution >= 4 is 29.2 Å². The number of likely N-dealkylation sites (N-methyl/N-ethyl adjacent to an activating group) is 1. The maximum atomic E-state index is 10.9. The largest absolute Gasteiger partial charge is 0.480 e. The topological polar surface area (TPSA) is 99.8 Å². The summed E-state index contributed by atoms with van der Waals surface area (Å²) in [5.74, 6) is -0.951. The smallest absolute Gasteiger partial charge is 0.323 e. The number of carboxylic acid groups (broad SMARTS) is 1. The second-order valence-corrected chi connectivity index (χ2v) is 4.05. The number of aromatic nitrogens is 3. The van der Waals surface area contributed by atoms with Gasteiger partial charge in [-0.05, 0) is 6.07 Å². The number of pyridine rings is 1. The molecule has 2 aromatic heterocycles. The Balaban J connectivity index is 2.29. The van der Waals surface area contributed by atoms with Crippen LogP contribution in [0.5, 0.6) is 0 Å². The van der Waals surface area contributed by atoms with E-state index in [-0.39, 0.29) is 18.4 Å². The average Bonchev–Trinajstić information content (AvgIpc) is 2.67. The highest BCUT2D eigenvalue weighted by atomic mass is 16.4. The van der Waals surface area contributed by atoms with E-state index in [4.69, 9.17) is 5.11 Å². The Morgan fingerprint density at radius 2 is 2.26 bits per heavy atom. The molecule has 8 nitrogen and oxygen atoms in total. The van der Waals surface area contributed by atoms with Gasteiger partial charge in [0.1, 0.15) is 6.54 Å². The average molecular weight is 263 g/mol. The van der Waals surface area contributed by atoms with E-state index in [1.54, 1.807) is 30.3 Å². The van der Waals surface area contributed by atoms with Crippen molar-refractivity contribution in [3.8, 4) is 0 Å². The number of fused-ring (bicyclic) bond motifs is 1. The molecule has 100 valence electrons. The van der Waals surface area contributed by atoms with E-state index in [0.29, 0.717) is 11.3 Å². The van der Waals surface area contributed by atoms with E-state index < -0.39 is 5.97 Å². The Morgan fingerprint density at radius 1 is 1.53 bits per heavy atom. The summed E-state index contributed by atoms with van der Waals surface area (Å²) in [6.45, 7) is 1.26. The zero-order chi connectivity index (χ0) is 14.0. The van der Waals surface area contributed by atoms with Crippen LogP contribution in [-0.4, -0.2) is 45.2 Å². The quantitative estimate of drug-likeness (QED) is 0.817. The molecule has 1 amide bonds. The summed E-state index contributed by atoms with van der Waals surface area (Å²) < 4.78 is 1.50. The van der Waals surface area contributed by atoms with Crippen LogP contribution in [0.2, 0.25) is 0 Å². The summed E-state index contributed by atoms with van der Waals surface area (Å²) in [6.07, 6.45) is 1.65. The van der Waals surface area contributed by atoms with Crippen LogP contribution in [0.1, 0.15) is 6.92 Å². The number of carbonyl (C=O) groups is 2. The molecule has 0 aliphatic heterocycles. The Labute approximate surface area is 108 Å². The van der Waals surface area contributed by atoms with Crippen molar-refractivity contribution in [2.24, 2.45) is 0 Å². The van der Waals surface area contributed by atoms with E-state index in [0.717, 1.165) is 0 Å². The van der Waals surface area contributed by atoms with Gasteiger partial charge in [-0.2, -0.15) is 4.98 Å². The van der Waals surface area contributed by atoms with E-state index in [1.807, 2.05) is 0 Å². The fourth-order valence-electron chi connectivity index (χ4n) is 1.61. The predicted octanol–water partition coefficient (Wildman–Crippen LogP) is 0.208. The molecule has 2 N–H and O–H groups in total. The van der Waals surface area contributed by atoms with Gasteiger partial charge in [0, 0.05) is 31.9 Å². The van der Waals surface area contributed by atoms with Crippen LogP contribution in [0.3, 0.4) is 0 Å². The van der Waals surface area contributed by atoms with Gasteiger partial charge in [0.25, 0.3) is 0 Å². The number of nitrogens with zero attached hydrogens (tertiary/aromatic N) is 4. The minimum absolute atomic E-state index is 0.108. The minimum Gasteiger partial charge on any atom is -0.480 e. The van der Waals surface area contributed by atoms with E-state index in [2.05, 4.69) is 15.4 Å². The molecule has 2 rings (SSSR count). The van der Waals surface area contributed by atoms with Crippen LogP contribution < -0.4 is 10.2 Å². The summed E-state index contributed by atoms with van der Waals surface area (Å²) in [4.78, 5) is 27.3. The monoisotopic (exact) mass is 263 g/mol. The predicted molar refractivity (Wildman–Crippen MR) is 68.2 cm³/mol. The molecular formula is C11H13N5O3. The number of rotatable bonds is 4.